The van der Waals surface area contributed by atoms with E-state index >= 15 is 4.39 Å². The van der Waals surface area contributed by atoms with Crippen LogP contribution in [-0.4, -0.2) is 81.7 Å². The van der Waals surface area contributed by atoms with Gasteiger partial charge in [-0.15, -0.1) is 6.42 Å². The number of phenols is 1. The number of rotatable bonds is 5. The molecule has 0 unspecified atom stereocenters. The van der Waals surface area contributed by atoms with E-state index in [2.05, 4.69) is 25.7 Å². The molecule has 4 aliphatic rings. The van der Waals surface area contributed by atoms with E-state index in [4.69, 9.17) is 20.9 Å². The number of hydrogen-bond acceptors (Lipinski definition) is 8. The molecule has 0 spiro atoms. The second-order valence-corrected chi connectivity index (χ2v) is 12.3. The van der Waals surface area contributed by atoms with Gasteiger partial charge in [-0.1, -0.05) is 12.0 Å². The van der Waals surface area contributed by atoms with Crippen LogP contribution in [-0.2, 0) is 4.74 Å². The van der Waals surface area contributed by atoms with Crippen molar-refractivity contribution in [3.8, 4) is 35.4 Å². The van der Waals surface area contributed by atoms with Crippen LogP contribution in [0, 0.1) is 24.0 Å². The predicted molar refractivity (Wildman–Crippen MR) is 158 cm³/mol. The minimum atomic E-state index is -0.920. The Labute approximate surface area is 251 Å². The lowest BCUT2D eigenvalue weighted by molar-refractivity contribution is 0.107. The van der Waals surface area contributed by atoms with Gasteiger partial charge in [0.15, 0.2) is 5.82 Å². The van der Waals surface area contributed by atoms with E-state index in [0.29, 0.717) is 42.7 Å². The first-order chi connectivity index (χ1) is 21.3. The topological polar surface area (TPSA) is 83.8 Å². The Balaban J connectivity index is 1.28. The maximum atomic E-state index is 16.7. The molecule has 2 aromatic carbocycles. The van der Waals surface area contributed by atoms with E-state index in [-0.39, 0.29) is 58.2 Å². The average Bonchev–Trinajstić information content (AvgIpc) is 3.62. The van der Waals surface area contributed by atoms with Crippen molar-refractivity contribution in [2.75, 3.05) is 37.7 Å². The van der Waals surface area contributed by atoms with Crippen LogP contribution in [0.25, 0.3) is 32.9 Å². The van der Waals surface area contributed by atoms with Crippen molar-refractivity contribution < 1.29 is 27.8 Å². The van der Waals surface area contributed by atoms with Crippen LogP contribution in [0.2, 0.25) is 0 Å². The summed E-state index contributed by atoms with van der Waals surface area (Å²) in [5, 5.41) is 11.6. The molecule has 4 atom stereocenters. The molecule has 8 rings (SSSR count). The third-order valence-electron chi connectivity index (χ3n) is 9.57. The smallest absolute Gasteiger partial charge is 0.319 e. The lowest BCUT2D eigenvalue weighted by atomic mass is 9.95. The molecule has 2 aromatic heterocycles. The van der Waals surface area contributed by atoms with Gasteiger partial charge in [0.2, 0.25) is 0 Å². The zero-order valence-electron chi connectivity index (χ0n) is 23.9. The number of benzene rings is 2. The van der Waals surface area contributed by atoms with Crippen LogP contribution in [0.4, 0.5) is 19.0 Å². The summed E-state index contributed by atoms with van der Waals surface area (Å²) in [5.74, 6) is 1.29. The minimum Gasteiger partial charge on any atom is -0.508 e. The molecular weight excluding hydrogens is 571 g/mol. The highest BCUT2D eigenvalue weighted by atomic mass is 19.1. The summed E-state index contributed by atoms with van der Waals surface area (Å²) in [5.41, 5.74) is -0.521. The summed E-state index contributed by atoms with van der Waals surface area (Å²) in [4.78, 5) is 18.0. The van der Waals surface area contributed by atoms with Gasteiger partial charge in [-0.05, 0) is 55.8 Å². The van der Waals surface area contributed by atoms with E-state index < -0.39 is 23.3 Å². The Morgan fingerprint density at radius 1 is 1.18 bits per heavy atom. The molecule has 4 aromatic rings. The van der Waals surface area contributed by atoms with Gasteiger partial charge in [0.1, 0.15) is 41.4 Å². The minimum absolute atomic E-state index is 0.00873. The molecule has 0 amide bonds. The highest BCUT2D eigenvalue weighted by Gasteiger charge is 2.50. The summed E-state index contributed by atoms with van der Waals surface area (Å²) < 4.78 is 58.1. The molecule has 0 radical (unpaired) electrons. The standard InChI is InChI=1S/C33H30F3N5O3/c1-2-21-24(35)6-5-18-11-20(42)12-22(27(18)21)29-28(36)30-23(15-37-29)31(41-9-4-10-43-26-13-25(26)41)39-32(38-30)44-17-33-7-3-8-40(33)16-19(34)14-33/h1,5-6,11-12,15,19,25-26,42H,3-4,7-10,13-14,16-17H2/t19-,25+,26-,33+/m1/s1. The monoisotopic (exact) mass is 601 g/mol. The number of terminal acetylenes is 1. The Kier molecular flexibility index (Phi) is 6.36. The van der Waals surface area contributed by atoms with Crippen LogP contribution >= 0.6 is 0 Å². The van der Waals surface area contributed by atoms with E-state index in [9.17, 15) is 13.9 Å². The molecule has 3 saturated heterocycles. The Bertz CT molecular complexity index is 1870. The molecule has 1 N–H and O–H groups in total. The SMILES string of the molecule is C#Cc1c(F)ccc2cc(O)cc(-c3ncc4c(N5CCCO[C@@H]6C[C@@H]65)nc(OC[C@@]56CCCN5C[C@H](F)C6)nc4c3F)c12. The van der Waals surface area contributed by atoms with E-state index in [1.165, 1.54) is 30.5 Å². The molecule has 3 aliphatic heterocycles. The lowest BCUT2D eigenvalue weighted by Crippen LogP contribution is -2.43. The van der Waals surface area contributed by atoms with Gasteiger partial charge in [0.05, 0.1) is 28.6 Å². The molecule has 226 valence electrons. The number of nitrogens with zero attached hydrogens (tertiary/aromatic N) is 5. The number of pyridine rings is 1. The fourth-order valence-electron chi connectivity index (χ4n) is 7.46. The van der Waals surface area contributed by atoms with Gasteiger partial charge in [-0.25, -0.2) is 13.2 Å². The first kappa shape index (κ1) is 27.4. The van der Waals surface area contributed by atoms with Crippen molar-refractivity contribution in [1.82, 2.24) is 19.9 Å². The summed E-state index contributed by atoms with van der Waals surface area (Å²) in [7, 11) is 0. The number of phenolic OH excluding ortho intramolecular Hbond substituents is 1. The van der Waals surface area contributed by atoms with Gasteiger partial charge in [0, 0.05) is 43.3 Å². The number of hydrogen-bond donors (Lipinski definition) is 1. The fourth-order valence-corrected chi connectivity index (χ4v) is 7.46. The molecule has 44 heavy (non-hydrogen) atoms. The molecule has 1 saturated carbocycles. The van der Waals surface area contributed by atoms with Gasteiger partial charge in [-0.2, -0.15) is 9.97 Å². The van der Waals surface area contributed by atoms with Gasteiger partial charge in [0.25, 0.3) is 0 Å². The Hall–Kier alpha value is -4.14. The van der Waals surface area contributed by atoms with Gasteiger partial charge >= 0.3 is 6.01 Å². The predicted octanol–water partition coefficient (Wildman–Crippen LogP) is 5.13. The maximum Gasteiger partial charge on any atom is 0.319 e. The number of halogens is 3. The lowest BCUT2D eigenvalue weighted by Gasteiger charge is -2.31. The first-order valence-electron chi connectivity index (χ1n) is 15.0. The normalized spacial score (nSPS) is 26.4. The van der Waals surface area contributed by atoms with Crippen molar-refractivity contribution in [2.45, 2.75) is 56.0 Å². The summed E-state index contributed by atoms with van der Waals surface area (Å²) in [6, 6.07) is 5.53. The summed E-state index contributed by atoms with van der Waals surface area (Å²) >= 11 is 0. The third-order valence-corrected chi connectivity index (χ3v) is 9.57. The van der Waals surface area contributed by atoms with Crippen molar-refractivity contribution >= 4 is 27.5 Å². The van der Waals surface area contributed by atoms with Crippen LogP contribution in [0.3, 0.4) is 0 Å². The summed E-state index contributed by atoms with van der Waals surface area (Å²) in [6.07, 6.45) is 10.1. The van der Waals surface area contributed by atoms with Crippen molar-refractivity contribution in [1.29, 1.82) is 0 Å². The van der Waals surface area contributed by atoms with Crippen molar-refractivity contribution in [2.24, 2.45) is 0 Å². The zero-order valence-corrected chi connectivity index (χ0v) is 23.9. The molecule has 8 nitrogen and oxygen atoms in total. The molecule has 11 heteroatoms. The number of anilines is 1. The average molecular weight is 602 g/mol. The van der Waals surface area contributed by atoms with Crippen LogP contribution < -0.4 is 9.64 Å². The fraction of sp³-hybridized carbons (Fsp3) is 0.424. The van der Waals surface area contributed by atoms with E-state index in [1.807, 2.05) is 0 Å². The number of ether oxygens (including phenoxy) is 2. The maximum absolute atomic E-state index is 16.7. The van der Waals surface area contributed by atoms with Crippen LogP contribution in [0.5, 0.6) is 11.8 Å². The molecule has 1 aliphatic carbocycles. The quantitative estimate of drug-likeness (QED) is 0.315. The van der Waals surface area contributed by atoms with E-state index in [1.54, 1.807) is 0 Å². The largest absolute Gasteiger partial charge is 0.508 e. The van der Waals surface area contributed by atoms with E-state index in [0.717, 1.165) is 32.2 Å². The van der Waals surface area contributed by atoms with Gasteiger partial charge in [-0.3, -0.25) is 9.88 Å². The Morgan fingerprint density at radius 3 is 2.93 bits per heavy atom. The number of aromatic hydroxyl groups is 1. The summed E-state index contributed by atoms with van der Waals surface area (Å²) in [6.45, 7) is 2.66. The highest BCUT2D eigenvalue weighted by Crippen LogP contribution is 2.43. The van der Waals surface area contributed by atoms with Gasteiger partial charge < -0.3 is 19.5 Å². The number of alkyl halides is 1. The van der Waals surface area contributed by atoms with Crippen molar-refractivity contribution in [3.63, 3.8) is 0 Å². The molecule has 5 heterocycles. The highest BCUT2D eigenvalue weighted by molar-refractivity contribution is 6.03. The molecule has 0 bridgehead atoms. The zero-order chi connectivity index (χ0) is 30.2. The first-order valence-corrected chi connectivity index (χ1v) is 15.0. The van der Waals surface area contributed by atoms with Crippen LogP contribution in [0.1, 0.15) is 37.7 Å². The van der Waals surface area contributed by atoms with Crippen LogP contribution in [0.15, 0.2) is 30.5 Å². The Morgan fingerprint density at radius 2 is 2.07 bits per heavy atom. The second kappa shape index (κ2) is 10.2. The number of aromatic nitrogens is 3. The third kappa shape index (κ3) is 4.34. The number of fused-ring (bicyclic) bond motifs is 4. The molecule has 4 fully saturated rings. The molecular formula is C33H30F3N5O3. The van der Waals surface area contributed by atoms with Crippen molar-refractivity contribution in [3.05, 3.63) is 47.7 Å². The second-order valence-electron chi connectivity index (χ2n) is 12.3.